The molecular weight excluding hydrogens is 260 g/mol. The summed E-state index contributed by atoms with van der Waals surface area (Å²) in [6, 6.07) is -0.173. The van der Waals surface area contributed by atoms with Gasteiger partial charge in [-0.3, -0.25) is 4.79 Å². The highest BCUT2D eigenvalue weighted by atomic mass is 16.4. The average Bonchev–Trinajstić information content (AvgIpc) is 2.67. The molecule has 1 unspecified atom stereocenters. The van der Waals surface area contributed by atoms with Crippen LogP contribution < -0.4 is 5.32 Å². The maximum Gasteiger partial charge on any atom is 0.317 e. The fourth-order valence-electron chi connectivity index (χ4n) is 2.51. The highest BCUT2D eigenvalue weighted by molar-refractivity contribution is 5.74. The first kappa shape index (κ1) is 16.8. The predicted octanol–water partition coefficient (Wildman–Crippen LogP) is 1.58. The fraction of sp³-hybridized carbons (Fsp3) is 0.857. The van der Waals surface area contributed by atoms with E-state index in [1.807, 2.05) is 0 Å². The molecule has 0 radical (unpaired) electrons. The van der Waals surface area contributed by atoms with Gasteiger partial charge in [0.15, 0.2) is 0 Å². The number of aliphatic hydroxyl groups excluding tert-OH is 1. The van der Waals surface area contributed by atoms with E-state index in [4.69, 9.17) is 5.11 Å². The zero-order valence-corrected chi connectivity index (χ0v) is 12.0. The van der Waals surface area contributed by atoms with Gasteiger partial charge in [-0.1, -0.05) is 19.3 Å². The Balaban J connectivity index is 2.21. The molecule has 2 amide bonds. The van der Waals surface area contributed by atoms with E-state index in [1.165, 1.54) is 0 Å². The molecule has 1 rings (SSSR count). The quantitative estimate of drug-likeness (QED) is 0.620. The van der Waals surface area contributed by atoms with Gasteiger partial charge in [-0.25, -0.2) is 4.79 Å². The number of carboxylic acid groups (broad SMARTS) is 1. The molecule has 116 valence electrons. The van der Waals surface area contributed by atoms with Gasteiger partial charge in [0.25, 0.3) is 0 Å². The Hall–Kier alpha value is -1.30. The molecule has 0 spiro atoms. The summed E-state index contributed by atoms with van der Waals surface area (Å²) >= 11 is 0. The third kappa shape index (κ3) is 6.23. The number of hydrogen-bond donors (Lipinski definition) is 3. The molecule has 6 nitrogen and oxygen atoms in total. The molecule has 20 heavy (non-hydrogen) atoms. The first-order valence-electron chi connectivity index (χ1n) is 7.52. The fourth-order valence-corrected chi connectivity index (χ4v) is 2.51. The summed E-state index contributed by atoms with van der Waals surface area (Å²) in [5, 5.41) is 20.7. The number of nitrogens with one attached hydrogen (secondary N) is 1. The topological polar surface area (TPSA) is 89.9 Å². The lowest BCUT2D eigenvalue weighted by Crippen LogP contribution is -2.47. The standard InChI is InChI=1S/C14H26N2O4/c17-11-12-7-3-2-6-10-16(12)14(20)15-9-5-1-4-8-13(18)19/h12,17H,1-11H2,(H,15,20)(H,18,19). The van der Waals surface area contributed by atoms with Gasteiger partial charge in [0.1, 0.15) is 0 Å². The van der Waals surface area contributed by atoms with E-state index in [2.05, 4.69) is 5.32 Å². The number of rotatable bonds is 7. The Labute approximate surface area is 120 Å². The molecule has 1 saturated heterocycles. The number of amides is 2. The molecule has 0 aromatic carbocycles. The van der Waals surface area contributed by atoms with E-state index in [1.54, 1.807) is 4.90 Å². The molecule has 0 aliphatic carbocycles. The van der Waals surface area contributed by atoms with Gasteiger partial charge in [-0.15, -0.1) is 0 Å². The van der Waals surface area contributed by atoms with E-state index < -0.39 is 5.97 Å². The molecule has 1 atom stereocenters. The molecule has 1 aliphatic heterocycles. The predicted molar refractivity (Wildman–Crippen MR) is 75.6 cm³/mol. The van der Waals surface area contributed by atoms with Crippen LogP contribution in [0.4, 0.5) is 4.79 Å². The highest BCUT2D eigenvalue weighted by Crippen LogP contribution is 2.16. The lowest BCUT2D eigenvalue weighted by molar-refractivity contribution is -0.137. The van der Waals surface area contributed by atoms with Gasteiger partial charge >= 0.3 is 12.0 Å². The Bertz CT molecular complexity index is 310. The van der Waals surface area contributed by atoms with Crippen LogP contribution in [0.2, 0.25) is 0 Å². The van der Waals surface area contributed by atoms with E-state index in [0.717, 1.165) is 38.5 Å². The summed E-state index contributed by atoms with van der Waals surface area (Å²) < 4.78 is 0. The lowest BCUT2D eigenvalue weighted by atomic mass is 10.1. The Morgan fingerprint density at radius 3 is 2.65 bits per heavy atom. The molecule has 1 aliphatic rings. The van der Waals surface area contributed by atoms with Gasteiger partial charge in [0.2, 0.25) is 0 Å². The number of carboxylic acids is 1. The number of aliphatic hydroxyl groups is 1. The summed E-state index contributed by atoms with van der Waals surface area (Å²) in [5.41, 5.74) is 0. The van der Waals surface area contributed by atoms with Crippen LogP contribution in [0.1, 0.15) is 51.4 Å². The van der Waals surface area contributed by atoms with Gasteiger partial charge in [-0.2, -0.15) is 0 Å². The van der Waals surface area contributed by atoms with Crippen LogP contribution in [0.5, 0.6) is 0 Å². The largest absolute Gasteiger partial charge is 0.481 e. The first-order valence-corrected chi connectivity index (χ1v) is 7.52. The minimum atomic E-state index is -0.774. The van der Waals surface area contributed by atoms with Crippen LogP contribution >= 0.6 is 0 Å². The van der Waals surface area contributed by atoms with Crippen LogP contribution in [0, 0.1) is 0 Å². The Morgan fingerprint density at radius 2 is 1.95 bits per heavy atom. The minimum absolute atomic E-state index is 0.0199. The zero-order valence-electron chi connectivity index (χ0n) is 12.0. The van der Waals surface area contributed by atoms with Crippen molar-refractivity contribution in [3.8, 4) is 0 Å². The van der Waals surface area contributed by atoms with Crippen molar-refractivity contribution in [2.75, 3.05) is 19.7 Å². The maximum atomic E-state index is 12.1. The second kappa shape index (κ2) is 9.58. The molecule has 1 heterocycles. The van der Waals surface area contributed by atoms with E-state index in [-0.39, 0.29) is 25.1 Å². The van der Waals surface area contributed by atoms with Gasteiger partial charge in [0, 0.05) is 19.5 Å². The van der Waals surface area contributed by atoms with Crippen molar-refractivity contribution in [3.05, 3.63) is 0 Å². The van der Waals surface area contributed by atoms with Crippen molar-refractivity contribution < 1.29 is 19.8 Å². The van der Waals surface area contributed by atoms with Crippen LogP contribution in [-0.2, 0) is 4.79 Å². The van der Waals surface area contributed by atoms with Crippen LogP contribution in [0.25, 0.3) is 0 Å². The molecule has 0 bridgehead atoms. The van der Waals surface area contributed by atoms with Crippen LogP contribution in [0.3, 0.4) is 0 Å². The summed E-state index contributed by atoms with van der Waals surface area (Å²) in [5.74, 6) is -0.774. The third-order valence-electron chi connectivity index (χ3n) is 3.69. The Morgan fingerprint density at radius 1 is 1.15 bits per heavy atom. The minimum Gasteiger partial charge on any atom is -0.481 e. The molecule has 0 aromatic rings. The molecule has 0 saturated carbocycles. The van der Waals surface area contributed by atoms with Crippen LogP contribution in [-0.4, -0.2) is 52.9 Å². The molecule has 1 fully saturated rings. The number of likely N-dealkylation sites (tertiary alicyclic amines) is 1. The van der Waals surface area contributed by atoms with E-state index in [0.29, 0.717) is 19.5 Å². The van der Waals surface area contributed by atoms with Crippen LogP contribution in [0.15, 0.2) is 0 Å². The zero-order chi connectivity index (χ0) is 14.8. The Kier molecular flexibility index (Phi) is 8.02. The number of aliphatic carboxylic acids is 1. The summed E-state index contributed by atoms with van der Waals surface area (Å²) in [4.78, 5) is 24.2. The summed E-state index contributed by atoms with van der Waals surface area (Å²) in [6.45, 7) is 1.29. The molecular formula is C14H26N2O4. The van der Waals surface area contributed by atoms with Crippen molar-refractivity contribution in [1.82, 2.24) is 10.2 Å². The molecule has 6 heteroatoms. The lowest BCUT2D eigenvalue weighted by Gasteiger charge is -2.28. The number of unbranched alkanes of at least 4 members (excludes halogenated alkanes) is 2. The second-order valence-electron chi connectivity index (χ2n) is 5.32. The van der Waals surface area contributed by atoms with E-state index >= 15 is 0 Å². The number of carbonyl (C=O) groups is 2. The van der Waals surface area contributed by atoms with Gasteiger partial charge in [0.05, 0.1) is 12.6 Å². The number of nitrogens with zero attached hydrogens (tertiary/aromatic N) is 1. The second-order valence-corrected chi connectivity index (χ2v) is 5.32. The van der Waals surface area contributed by atoms with Crippen molar-refractivity contribution in [2.24, 2.45) is 0 Å². The summed E-state index contributed by atoms with van der Waals surface area (Å²) in [6.07, 6.45) is 6.44. The normalized spacial score (nSPS) is 19.4. The first-order chi connectivity index (χ1) is 9.65. The number of urea groups is 1. The number of hydrogen-bond acceptors (Lipinski definition) is 3. The van der Waals surface area contributed by atoms with Crippen molar-refractivity contribution in [2.45, 2.75) is 57.4 Å². The maximum absolute atomic E-state index is 12.1. The van der Waals surface area contributed by atoms with Gasteiger partial charge < -0.3 is 20.4 Å². The van der Waals surface area contributed by atoms with Gasteiger partial charge in [-0.05, 0) is 25.7 Å². The highest BCUT2D eigenvalue weighted by Gasteiger charge is 2.24. The molecule has 0 aromatic heterocycles. The van der Waals surface area contributed by atoms with Crippen molar-refractivity contribution >= 4 is 12.0 Å². The molecule has 3 N–H and O–H groups in total. The number of carbonyl (C=O) groups excluding carboxylic acids is 1. The smallest absolute Gasteiger partial charge is 0.317 e. The SMILES string of the molecule is O=C(O)CCCCCNC(=O)N1CCCCCC1CO. The van der Waals surface area contributed by atoms with Crippen molar-refractivity contribution in [1.29, 1.82) is 0 Å². The average molecular weight is 286 g/mol. The monoisotopic (exact) mass is 286 g/mol. The van der Waals surface area contributed by atoms with E-state index in [9.17, 15) is 14.7 Å². The third-order valence-corrected chi connectivity index (χ3v) is 3.69. The summed E-state index contributed by atoms with van der Waals surface area (Å²) in [7, 11) is 0. The van der Waals surface area contributed by atoms with Crippen molar-refractivity contribution in [3.63, 3.8) is 0 Å².